The van der Waals surface area contributed by atoms with Crippen molar-refractivity contribution in [3.8, 4) is 0 Å². The van der Waals surface area contributed by atoms with Crippen molar-refractivity contribution in [3.63, 3.8) is 0 Å². The summed E-state index contributed by atoms with van der Waals surface area (Å²) in [4.78, 5) is 6.29. The Bertz CT molecular complexity index is 457. The Balaban J connectivity index is 2.67. The van der Waals surface area contributed by atoms with E-state index in [0.717, 1.165) is 22.4 Å². The highest BCUT2D eigenvalue weighted by Crippen LogP contribution is 2.38. The van der Waals surface area contributed by atoms with Crippen molar-refractivity contribution in [3.05, 3.63) is 27.2 Å². The maximum Gasteiger partial charge on any atom is 0.106 e. The summed E-state index contributed by atoms with van der Waals surface area (Å²) in [6.45, 7) is 4.27. The van der Waals surface area contributed by atoms with Crippen LogP contribution < -0.4 is 0 Å². The van der Waals surface area contributed by atoms with Crippen molar-refractivity contribution in [2.75, 3.05) is 12.9 Å². The van der Waals surface area contributed by atoms with Crippen LogP contribution in [0.5, 0.6) is 0 Å². The molecule has 1 aliphatic rings. The molecule has 1 aliphatic heterocycles. The third-order valence-electron chi connectivity index (χ3n) is 2.74. The number of oxime groups is 1. The second kappa shape index (κ2) is 4.80. The van der Waals surface area contributed by atoms with Gasteiger partial charge in [0.05, 0.1) is 5.71 Å². The van der Waals surface area contributed by atoms with Crippen molar-refractivity contribution in [1.29, 1.82) is 0 Å². The Morgan fingerprint density at radius 1 is 1.44 bits per heavy atom. The third kappa shape index (κ3) is 2.00. The van der Waals surface area contributed by atoms with Gasteiger partial charge < -0.3 is 4.84 Å². The molecule has 0 bridgehead atoms. The van der Waals surface area contributed by atoms with Crippen molar-refractivity contribution in [1.82, 2.24) is 0 Å². The Morgan fingerprint density at radius 2 is 2.19 bits per heavy atom. The lowest BCUT2D eigenvalue weighted by Crippen LogP contribution is -2.13. The van der Waals surface area contributed by atoms with E-state index in [1.54, 1.807) is 7.11 Å². The molecule has 0 aromatic heterocycles. The smallest absolute Gasteiger partial charge is 0.106 e. The van der Waals surface area contributed by atoms with Crippen molar-refractivity contribution >= 4 is 33.4 Å². The van der Waals surface area contributed by atoms with E-state index in [4.69, 9.17) is 4.84 Å². The van der Waals surface area contributed by atoms with Gasteiger partial charge in [-0.1, -0.05) is 21.1 Å². The predicted molar refractivity (Wildman–Crippen MR) is 72.5 cm³/mol. The van der Waals surface area contributed by atoms with Crippen LogP contribution in [0.3, 0.4) is 0 Å². The van der Waals surface area contributed by atoms with E-state index in [2.05, 4.69) is 41.0 Å². The lowest BCUT2D eigenvalue weighted by Gasteiger charge is -2.22. The van der Waals surface area contributed by atoms with Gasteiger partial charge in [-0.15, -0.1) is 11.8 Å². The second-order valence-corrected chi connectivity index (χ2v) is 5.78. The molecule has 0 spiro atoms. The second-order valence-electron chi connectivity index (χ2n) is 3.82. The molecule has 0 atom stereocenters. The molecule has 1 heterocycles. The molecule has 0 fully saturated rings. The number of thioether (sulfide) groups is 1. The quantitative estimate of drug-likeness (QED) is 0.733. The third-order valence-corrected chi connectivity index (χ3v) is 4.78. The molecule has 0 radical (unpaired) electrons. The van der Waals surface area contributed by atoms with E-state index in [0.29, 0.717) is 0 Å². The van der Waals surface area contributed by atoms with Gasteiger partial charge >= 0.3 is 0 Å². The van der Waals surface area contributed by atoms with E-state index >= 15 is 0 Å². The number of hydrogen-bond acceptors (Lipinski definition) is 3. The van der Waals surface area contributed by atoms with Crippen LogP contribution in [0.25, 0.3) is 0 Å². The van der Waals surface area contributed by atoms with Crippen LogP contribution in [0.4, 0.5) is 0 Å². The Morgan fingerprint density at radius 3 is 2.88 bits per heavy atom. The molecule has 2 rings (SSSR count). The number of rotatable bonds is 1. The highest BCUT2D eigenvalue weighted by atomic mass is 79.9. The van der Waals surface area contributed by atoms with Crippen LogP contribution in [-0.2, 0) is 4.84 Å². The molecule has 0 aliphatic carbocycles. The molecule has 0 saturated heterocycles. The van der Waals surface area contributed by atoms with Gasteiger partial charge in [0.1, 0.15) is 7.11 Å². The number of fused-ring (bicyclic) bond motifs is 1. The standard InChI is InChI=1S/C12H14BrNOS/c1-7-6-9(13)8(2)11-10(14-15-3)4-5-16-12(7)11/h6H,4-5H2,1-3H3/b14-10+. The summed E-state index contributed by atoms with van der Waals surface area (Å²) < 4.78 is 1.15. The fourth-order valence-electron chi connectivity index (χ4n) is 1.96. The minimum absolute atomic E-state index is 0.974. The van der Waals surface area contributed by atoms with Gasteiger partial charge in [-0.3, -0.25) is 0 Å². The van der Waals surface area contributed by atoms with Gasteiger partial charge in [0.15, 0.2) is 0 Å². The molecular formula is C12H14BrNOS. The predicted octanol–water partition coefficient (Wildman–Crippen LogP) is 3.91. The van der Waals surface area contributed by atoms with Gasteiger partial charge in [-0.25, -0.2) is 0 Å². The maximum absolute atomic E-state index is 4.94. The van der Waals surface area contributed by atoms with Crippen LogP contribution in [-0.4, -0.2) is 18.6 Å². The Hall–Kier alpha value is -0.480. The minimum atomic E-state index is 0.974. The molecule has 0 amide bonds. The van der Waals surface area contributed by atoms with Crippen LogP contribution in [0, 0.1) is 13.8 Å². The fraction of sp³-hybridized carbons (Fsp3) is 0.417. The largest absolute Gasteiger partial charge is 0.399 e. The van der Waals surface area contributed by atoms with Gasteiger partial charge in [0.25, 0.3) is 0 Å². The van der Waals surface area contributed by atoms with E-state index in [1.807, 2.05) is 11.8 Å². The fourth-order valence-corrected chi connectivity index (χ4v) is 3.70. The highest BCUT2D eigenvalue weighted by molar-refractivity contribution is 9.10. The number of nitrogens with zero attached hydrogens (tertiary/aromatic N) is 1. The number of aryl methyl sites for hydroxylation is 1. The maximum atomic E-state index is 4.94. The summed E-state index contributed by atoms with van der Waals surface area (Å²) in [6.07, 6.45) is 0.974. The van der Waals surface area contributed by atoms with Crippen molar-refractivity contribution in [2.45, 2.75) is 25.2 Å². The molecule has 4 heteroatoms. The van der Waals surface area contributed by atoms with E-state index in [9.17, 15) is 0 Å². The zero-order chi connectivity index (χ0) is 11.7. The Labute approximate surface area is 109 Å². The number of hydrogen-bond donors (Lipinski definition) is 0. The topological polar surface area (TPSA) is 21.6 Å². The summed E-state index contributed by atoms with van der Waals surface area (Å²) in [5.41, 5.74) is 4.88. The normalized spacial score (nSPS) is 17.4. The zero-order valence-corrected chi connectivity index (χ0v) is 12.0. The van der Waals surface area contributed by atoms with Crippen LogP contribution in [0.15, 0.2) is 20.6 Å². The van der Waals surface area contributed by atoms with Gasteiger partial charge in [-0.2, -0.15) is 0 Å². The van der Waals surface area contributed by atoms with Crippen molar-refractivity contribution in [2.24, 2.45) is 5.16 Å². The lowest BCUT2D eigenvalue weighted by atomic mass is 9.99. The summed E-state index contributed by atoms with van der Waals surface area (Å²) in [6, 6.07) is 2.18. The summed E-state index contributed by atoms with van der Waals surface area (Å²) in [5, 5.41) is 4.15. The Kier molecular flexibility index (Phi) is 3.60. The molecule has 2 nitrogen and oxygen atoms in total. The molecule has 0 N–H and O–H groups in total. The SMILES string of the molecule is CO/N=C1\CCSc2c(C)cc(Br)c(C)c21. The first-order chi connectivity index (χ1) is 7.65. The first-order valence-electron chi connectivity index (χ1n) is 5.18. The van der Waals surface area contributed by atoms with E-state index in [-0.39, 0.29) is 0 Å². The first kappa shape index (κ1) is 12.0. The summed E-state index contributed by atoms with van der Waals surface area (Å²) >= 11 is 5.51. The molecule has 1 aromatic carbocycles. The summed E-state index contributed by atoms with van der Waals surface area (Å²) in [5.74, 6) is 1.08. The first-order valence-corrected chi connectivity index (χ1v) is 6.96. The van der Waals surface area contributed by atoms with Crippen LogP contribution in [0.1, 0.15) is 23.1 Å². The monoisotopic (exact) mass is 299 g/mol. The van der Waals surface area contributed by atoms with E-state index < -0.39 is 0 Å². The highest BCUT2D eigenvalue weighted by Gasteiger charge is 2.22. The van der Waals surface area contributed by atoms with Crippen molar-refractivity contribution < 1.29 is 4.84 Å². The van der Waals surface area contributed by atoms with Crippen LogP contribution in [0.2, 0.25) is 0 Å². The van der Waals surface area contributed by atoms with Crippen LogP contribution >= 0.6 is 27.7 Å². The molecule has 16 heavy (non-hydrogen) atoms. The van der Waals surface area contributed by atoms with Gasteiger partial charge in [0, 0.05) is 27.1 Å². The average Bonchev–Trinajstić information content (AvgIpc) is 2.26. The average molecular weight is 300 g/mol. The zero-order valence-electron chi connectivity index (χ0n) is 9.63. The molecule has 0 unspecified atom stereocenters. The number of halogens is 1. The minimum Gasteiger partial charge on any atom is -0.399 e. The summed E-state index contributed by atoms with van der Waals surface area (Å²) in [7, 11) is 1.61. The molecular weight excluding hydrogens is 286 g/mol. The van der Waals surface area contributed by atoms with Gasteiger partial charge in [0.2, 0.25) is 0 Å². The molecule has 0 saturated carbocycles. The number of benzene rings is 1. The molecule has 1 aromatic rings. The van der Waals surface area contributed by atoms with E-state index in [1.165, 1.54) is 21.6 Å². The van der Waals surface area contributed by atoms with Gasteiger partial charge in [-0.05, 0) is 31.0 Å². The molecule has 86 valence electrons. The lowest BCUT2D eigenvalue weighted by molar-refractivity contribution is 0.213.